The van der Waals surface area contributed by atoms with E-state index in [2.05, 4.69) is 0 Å². The van der Waals surface area contributed by atoms with E-state index in [-0.39, 0.29) is 29.5 Å². The minimum atomic E-state index is -0.833. The highest BCUT2D eigenvalue weighted by Crippen LogP contribution is 2.42. The Morgan fingerprint density at radius 2 is 1.81 bits per heavy atom. The smallest absolute Gasteiger partial charge is 0.295 e. The number of aliphatic hydroxyl groups excluding tert-OH is 1. The molecule has 1 saturated heterocycles. The molecule has 7 heteroatoms. The second-order valence-corrected chi connectivity index (χ2v) is 7.51. The van der Waals surface area contributed by atoms with Gasteiger partial charge in [-0.05, 0) is 50.6 Å². The lowest BCUT2D eigenvalue weighted by Crippen LogP contribution is -2.31. The summed E-state index contributed by atoms with van der Waals surface area (Å²) in [5, 5.41) is 10.9. The van der Waals surface area contributed by atoms with Crippen molar-refractivity contribution in [3.05, 3.63) is 71.0 Å². The topological polar surface area (TPSA) is 76.1 Å². The van der Waals surface area contributed by atoms with Crippen LogP contribution in [0.4, 0.5) is 4.39 Å². The van der Waals surface area contributed by atoms with Gasteiger partial charge in [0.25, 0.3) is 11.7 Å². The maximum absolute atomic E-state index is 13.3. The van der Waals surface area contributed by atoms with E-state index >= 15 is 0 Å². The third-order valence-electron chi connectivity index (χ3n) is 5.09. The molecule has 1 heterocycles. The van der Waals surface area contributed by atoms with Gasteiger partial charge in [0, 0.05) is 24.3 Å². The molecule has 0 radical (unpaired) electrons. The molecule has 1 aliphatic rings. The molecule has 6 nitrogen and oxygen atoms in total. The fourth-order valence-electron chi connectivity index (χ4n) is 3.64. The summed E-state index contributed by atoms with van der Waals surface area (Å²) >= 11 is 0. The Kier molecular flexibility index (Phi) is 7.07. The molecular weight excluding hydrogens is 401 g/mol. The number of ketones is 1. The van der Waals surface area contributed by atoms with Crippen LogP contribution in [0.5, 0.6) is 5.75 Å². The number of likely N-dealkylation sites (tertiary alicyclic amines) is 1. The van der Waals surface area contributed by atoms with Gasteiger partial charge < -0.3 is 19.5 Å². The van der Waals surface area contributed by atoms with Gasteiger partial charge in [-0.3, -0.25) is 9.59 Å². The highest BCUT2D eigenvalue weighted by Gasteiger charge is 2.46. The zero-order chi connectivity index (χ0) is 22.5. The predicted octanol–water partition coefficient (Wildman–Crippen LogP) is 4.07. The summed E-state index contributed by atoms with van der Waals surface area (Å²) in [6, 6.07) is 11.3. The van der Waals surface area contributed by atoms with Gasteiger partial charge >= 0.3 is 0 Å². The molecule has 1 amide bonds. The molecule has 0 spiro atoms. The van der Waals surface area contributed by atoms with Crippen LogP contribution in [0.25, 0.3) is 5.76 Å². The Hall–Kier alpha value is -3.19. The number of hydrogen-bond acceptors (Lipinski definition) is 5. The van der Waals surface area contributed by atoms with E-state index < -0.39 is 23.5 Å². The van der Waals surface area contributed by atoms with E-state index in [1.54, 1.807) is 24.3 Å². The second kappa shape index (κ2) is 9.75. The highest BCUT2D eigenvalue weighted by molar-refractivity contribution is 6.46. The summed E-state index contributed by atoms with van der Waals surface area (Å²) < 4.78 is 24.4. The van der Waals surface area contributed by atoms with E-state index in [9.17, 15) is 19.1 Å². The highest BCUT2D eigenvalue weighted by atomic mass is 19.1. The number of carbonyl (C=O) groups is 2. The van der Waals surface area contributed by atoms with Gasteiger partial charge in [0.05, 0.1) is 24.8 Å². The first-order valence-electron chi connectivity index (χ1n) is 10.1. The van der Waals surface area contributed by atoms with Crippen LogP contribution in [0.1, 0.15) is 37.4 Å². The zero-order valence-corrected chi connectivity index (χ0v) is 17.8. The number of methoxy groups -OCH3 is 1. The predicted molar refractivity (Wildman–Crippen MR) is 114 cm³/mol. The number of aliphatic hydroxyl groups is 1. The molecule has 1 N–H and O–H groups in total. The Labute approximate surface area is 180 Å². The van der Waals surface area contributed by atoms with E-state index in [0.29, 0.717) is 24.3 Å². The maximum Gasteiger partial charge on any atom is 0.295 e. The van der Waals surface area contributed by atoms with Gasteiger partial charge in [0.15, 0.2) is 0 Å². The summed E-state index contributed by atoms with van der Waals surface area (Å²) in [6.45, 7) is 4.53. The van der Waals surface area contributed by atoms with Crippen LogP contribution in [0.3, 0.4) is 0 Å². The minimum absolute atomic E-state index is 0.0501. The van der Waals surface area contributed by atoms with Crippen molar-refractivity contribution in [3.8, 4) is 5.75 Å². The summed E-state index contributed by atoms with van der Waals surface area (Å²) in [4.78, 5) is 27.3. The number of Topliss-reactive ketones (excluding diaryl/α,β-unsaturated/α-hetero) is 1. The first-order chi connectivity index (χ1) is 14.8. The number of halogens is 1. The molecule has 2 aromatic carbocycles. The number of para-hydroxylation sites is 1. The van der Waals surface area contributed by atoms with Crippen molar-refractivity contribution >= 4 is 17.4 Å². The van der Waals surface area contributed by atoms with Gasteiger partial charge in [0.2, 0.25) is 0 Å². The van der Waals surface area contributed by atoms with Crippen LogP contribution < -0.4 is 4.74 Å². The van der Waals surface area contributed by atoms with Gasteiger partial charge in [-0.15, -0.1) is 0 Å². The second-order valence-electron chi connectivity index (χ2n) is 7.51. The molecule has 1 atom stereocenters. The largest absolute Gasteiger partial charge is 0.507 e. The monoisotopic (exact) mass is 427 g/mol. The van der Waals surface area contributed by atoms with Crippen molar-refractivity contribution in [1.29, 1.82) is 0 Å². The quantitative estimate of drug-likeness (QED) is 0.297. The average molecular weight is 427 g/mol. The lowest BCUT2D eigenvalue weighted by Gasteiger charge is -2.26. The molecule has 2 aromatic rings. The number of benzene rings is 2. The van der Waals surface area contributed by atoms with E-state index in [4.69, 9.17) is 9.47 Å². The normalized spacial score (nSPS) is 18.1. The van der Waals surface area contributed by atoms with Gasteiger partial charge in [-0.25, -0.2) is 4.39 Å². The molecule has 0 aliphatic carbocycles. The van der Waals surface area contributed by atoms with Crippen molar-refractivity contribution in [1.82, 2.24) is 4.90 Å². The summed E-state index contributed by atoms with van der Waals surface area (Å²) in [5.74, 6) is -1.83. The van der Waals surface area contributed by atoms with E-state index in [0.717, 1.165) is 0 Å². The molecule has 0 saturated carbocycles. The molecule has 3 rings (SSSR count). The number of amides is 1. The van der Waals surface area contributed by atoms with Crippen LogP contribution in [-0.4, -0.2) is 48.1 Å². The van der Waals surface area contributed by atoms with E-state index in [1.807, 2.05) is 13.8 Å². The number of carbonyl (C=O) groups excluding carboxylic acids is 2. The van der Waals surface area contributed by atoms with Crippen molar-refractivity contribution in [2.24, 2.45) is 0 Å². The number of nitrogens with zero attached hydrogens (tertiary/aromatic N) is 1. The summed E-state index contributed by atoms with van der Waals surface area (Å²) in [7, 11) is 1.50. The standard InChI is InChI=1S/C24H26FNO5/c1-15(2)31-14-6-13-26-21(18-7-4-5-8-19(18)30-3)20(23(28)24(26)29)22(27)16-9-11-17(25)12-10-16/h4-5,7-12,15,21,27H,6,13-14H2,1-3H3/b22-20-. The van der Waals surface area contributed by atoms with Crippen LogP contribution in [0.15, 0.2) is 54.1 Å². The number of hydrogen-bond donors (Lipinski definition) is 1. The molecule has 164 valence electrons. The molecule has 0 bridgehead atoms. The molecule has 0 aromatic heterocycles. The molecule has 31 heavy (non-hydrogen) atoms. The third-order valence-corrected chi connectivity index (χ3v) is 5.09. The number of ether oxygens (including phenoxy) is 2. The van der Waals surface area contributed by atoms with Crippen molar-refractivity contribution < 1.29 is 28.6 Å². The summed E-state index contributed by atoms with van der Waals surface area (Å²) in [6.07, 6.45) is 0.576. The third kappa shape index (κ3) is 4.77. The Balaban J connectivity index is 2.07. The van der Waals surface area contributed by atoms with Gasteiger partial charge in [-0.2, -0.15) is 0 Å². The van der Waals surface area contributed by atoms with Crippen LogP contribution >= 0.6 is 0 Å². The number of rotatable bonds is 8. The first-order valence-corrected chi connectivity index (χ1v) is 10.1. The van der Waals surface area contributed by atoms with Crippen LogP contribution in [0, 0.1) is 5.82 Å². The lowest BCUT2D eigenvalue weighted by molar-refractivity contribution is -0.140. The molecule has 1 aliphatic heterocycles. The Bertz CT molecular complexity index is 984. The van der Waals surface area contributed by atoms with Crippen LogP contribution in [-0.2, 0) is 14.3 Å². The van der Waals surface area contributed by atoms with Crippen molar-refractivity contribution in [3.63, 3.8) is 0 Å². The SMILES string of the molecule is COc1ccccc1C1/C(=C(/O)c2ccc(F)cc2)C(=O)C(=O)N1CCCOC(C)C. The maximum atomic E-state index is 13.3. The van der Waals surface area contributed by atoms with Gasteiger partial charge in [-0.1, -0.05) is 18.2 Å². The first kappa shape index (κ1) is 22.5. The van der Waals surface area contributed by atoms with Crippen molar-refractivity contribution in [2.75, 3.05) is 20.3 Å². The molecular formula is C24H26FNO5. The Morgan fingerprint density at radius 1 is 1.13 bits per heavy atom. The molecule has 1 unspecified atom stereocenters. The minimum Gasteiger partial charge on any atom is -0.507 e. The zero-order valence-electron chi connectivity index (χ0n) is 17.8. The van der Waals surface area contributed by atoms with Gasteiger partial charge in [0.1, 0.15) is 17.3 Å². The Morgan fingerprint density at radius 3 is 2.45 bits per heavy atom. The molecule has 1 fully saturated rings. The van der Waals surface area contributed by atoms with Crippen molar-refractivity contribution in [2.45, 2.75) is 32.4 Å². The fraction of sp³-hybridized carbons (Fsp3) is 0.333. The lowest BCUT2D eigenvalue weighted by atomic mass is 9.94. The average Bonchev–Trinajstić information content (AvgIpc) is 3.01. The fourth-order valence-corrected chi connectivity index (χ4v) is 3.64. The summed E-state index contributed by atoms with van der Waals surface area (Å²) in [5.41, 5.74) is 0.783. The van der Waals surface area contributed by atoms with Crippen LogP contribution in [0.2, 0.25) is 0 Å². The van der Waals surface area contributed by atoms with E-state index in [1.165, 1.54) is 36.3 Å².